The average molecular weight is 512 g/mol. The molecule has 1 atom stereocenters. The van der Waals surface area contributed by atoms with Crippen molar-refractivity contribution in [2.45, 2.75) is 58.4 Å². The molecule has 196 valence electrons. The van der Waals surface area contributed by atoms with Gasteiger partial charge in [0.2, 0.25) is 0 Å². The molecular weight excluding hydrogens is 481 g/mol. The number of alkyl halides is 5. The second-order valence-electron chi connectivity index (χ2n) is 9.37. The Morgan fingerprint density at radius 2 is 1.78 bits per heavy atom. The SMILES string of the molecule is CCC(CN1CCC(F)(F)CC1)n1cc(C)c2nc(-c3ccc(OC(F)(F)F)cc3OC)c(C)cc21. The second kappa shape index (κ2) is 9.88. The summed E-state index contributed by atoms with van der Waals surface area (Å²) in [5, 5.41) is 0. The minimum Gasteiger partial charge on any atom is -0.496 e. The molecule has 0 saturated carbocycles. The maximum atomic E-state index is 13.6. The third-order valence-electron chi connectivity index (χ3n) is 6.76. The summed E-state index contributed by atoms with van der Waals surface area (Å²) in [7, 11) is 1.38. The number of aryl methyl sites for hydroxylation is 2. The molecule has 0 N–H and O–H groups in total. The van der Waals surface area contributed by atoms with Gasteiger partial charge in [-0.05, 0) is 49.6 Å². The summed E-state index contributed by atoms with van der Waals surface area (Å²) >= 11 is 0. The van der Waals surface area contributed by atoms with Crippen LogP contribution in [0.15, 0.2) is 30.5 Å². The van der Waals surface area contributed by atoms with Gasteiger partial charge in [0, 0.05) is 56.3 Å². The van der Waals surface area contributed by atoms with Crippen molar-refractivity contribution in [2.75, 3.05) is 26.7 Å². The lowest BCUT2D eigenvalue weighted by atomic mass is 10.0. The van der Waals surface area contributed by atoms with Crippen LogP contribution in [-0.4, -0.2) is 53.5 Å². The average Bonchev–Trinajstić information content (AvgIpc) is 3.12. The fraction of sp³-hybridized carbons (Fsp3) is 0.500. The maximum Gasteiger partial charge on any atom is 0.573 e. The molecular formula is C26H30F5N3O2. The molecule has 1 aromatic carbocycles. The van der Waals surface area contributed by atoms with Gasteiger partial charge in [-0.1, -0.05) is 6.92 Å². The Hall–Kier alpha value is -2.88. The largest absolute Gasteiger partial charge is 0.573 e. The normalized spacial score (nSPS) is 17.4. The van der Waals surface area contributed by atoms with Crippen molar-refractivity contribution in [3.8, 4) is 22.8 Å². The summed E-state index contributed by atoms with van der Waals surface area (Å²) < 4.78 is 76.7. The van der Waals surface area contributed by atoms with Crippen molar-refractivity contribution in [1.82, 2.24) is 14.5 Å². The molecule has 1 aliphatic rings. The van der Waals surface area contributed by atoms with Gasteiger partial charge in [-0.3, -0.25) is 0 Å². The van der Waals surface area contributed by atoms with Gasteiger partial charge in [0.05, 0.1) is 23.8 Å². The van der Waals surface area contributed by atoms with Crippen molar-refractivity contribution in [1.29, 1.82) is 0 Å². The van der Waals surface area contributed by atoms with Gasteiger partial charge in [-0.25, -0.2) is 13.8 Å². The highest BCUT2D eigenvalue weighted by atomic mass is 19.4. The smallest absolute Gasteiger partial charge is 0.496 e. The van der Waals surface area contributed by atoms with Crippen LogP contribution in [0.25, 0.3) is 22.3 Å². The number of benzene rings is 1. The number of rotatable bonds is 7. The Bertz CT molecular complexity index is 1230. The highest BCUT2D eigenvalue weighted by Gasteiger charge is 2.35. The molecule has 0 amide bonds. The quantitative estimate of drug-likeness (QED) is 0.323. The van der Waals surface area contributed by atoms with E-state index in [9.17, 15) is 22.0 Å². The predicted molar refractivity (Wildman–Crippen MR) is 128 cm³/mol. The molecule has 0 bridgehead atoms. The number of aromatic nitrogens is 2. The monoisotopic (exact) mass is 511 g/mol. The van der Waals surface area contributed by atoms with Gasteiger partial charge in [0.1, 0.15) is 11.5 Å². The zero-order chi connectivity index (χ0) is 26.3. The summed E-state index contributed by atoms with van der Waals surface area (Å²) in [4.78, 5) is 6.98. The van der Waals surface area contributed by atoms with E-state index in [2.05, 4.69) is 21.1 Å². The molecule has 0 spiro atoms. The van der Waals surface area contributed by atoms with Crippen LogP contribution in [0.4, 0.5) is 22.0 Å². The number of fused-ring (bicyclic) bond motifs is 1. The predicted octanol–water partition coefficient (Wildman–Crippen LogP) is 6.91. The van der Waals surface area contributed by atoms with Crippen molar-refractivity contribution in [3.05, 3.63) is 41.6 Å². The summed E-state index contributed by atoms with van der Waals surface area (Å²) in [5.41, 5.74) is 4.64. The van der Waals surface area contributed by atoms with Gasteiger partial charge in [0.25, 0.3) is 5.92 Å². The zero-order valence-corrected chi connectivity index (χ0v) is 20.8. The van der Waals surface area contributed by atoms with Gasteiger partial charge in [-0.15, -0.1) is 13.2 Å². The highest BCUT2D eigenvalue weighted by molar-refractivity contribution is 5.85. The first-order valence-electron chi connectivity index (χ1n) is 11.9. The van der Waals surface area contributed by atoms with Crippen LogP contribution in [0.3, 0.4) is 0 Å². The van der Waals surface area contributed by atoms with Gasteiger partial charge >= 0.3 is 6.36 Å². The molecule has 3 aromatic rings. The maximum absolute atomic E-state index is 13.6. The number of halogens is 5. The topological polar surface area (TPSA) is 39.5 Å². The molecule has 5 nitrogen and oxygen atoms in total. The molecule has 1 fully saturated rings. The lowest BCUT2D eigenvalue weighted by Gasteiger charge is -2.34. The first kappa shape index (κ1) is 26.2. The van der Waals surface area contributed by atoms with Gasteiger partial charge in [0.15, 0.2) is 0 Å². The molecule has 36 heavy (non-hydrogen) atoms. The van der Waals surface area contributed by atoms with E-state index in [0.29, 0.717) is 30.9 Å². The molecule has 0 aliphatic carbocycles. The fourth-order valence-corrected chi connectivity index (χ4v) is 4.84. The van der Waals surface area contributed by atoms with E-state index >= 15 is 0 Å². The minimum absolute atomic E-state index is 0.0910. The first-order valence-corrected chi connectivity index (χ1v) is 11.9. The number of pyridine rings is 1. The van der Waals surface area contributed by atoms with E-state index in [1.54, 1.807) is 0 Å². The van der Waals surface area contributed by atoms with E-state index in [1.807, 2.05) is 26.1 Å². The van der Waals surface area contributed by atoms with Crippen LogP contribution in [0.2, 0.25) is 0 Å². The summed E-state index contributed by atoms with van der Waals surface area (Å²) in [6, 6.07) is 6.05. The Kier molecular flexibility index (Phi) is 7.19. The van der Waals surface area contributed by atoms with E-state index in [4.69, 9.17) is 9.72 Å². The van der Waals surface area contributed by atoms with E-state index in [1.165, 1.54) is 25.3 Å². The van der Waals surface area contributed by atoms with E-state index in [0.717, 1.165) is 28.6 Å². The lowest BCUT2D eigenvalue weighted by Crippen LogP contribution is -2.41. The van der Waals surface area contributed by atoms with Gasteiger partial charge < -0.3 is 18.9 Å². The molecule has 1 saturated heterocycles. The van der Waals surface area contributed by atoms with Crippen LogP contribution in [0.1, 0.15) is 43.4 Å². The van der Waals surface area contributed by atoms with E-state index < -0.39 is 12.3 Å². The standard InChI is InChI=1S/C26H30F5N3O2/c1-5-18(15-33-10-8-25(27,28)9-11-33)34-14-17(3)24-21(34)12-16(2)23(32-24)20-7-6-19(13-22(20)35-4)36-26(29,30)31/h6-7,12-14,18H,5,8-11,15H2,1-4H3. The Morgan fingerprint density at radius 3 is 2.39 bits per heavy atom. The highest BCUT2D eigenvalue weighted by Crippen LogP contribution is 2.38. The molecule has 4 rings (SSSR count). The summed E-state index contributed by atoms with van der Waals surface area (Å²) in [6.07, 6.45) is -2.18. The van der Waals surface area contributed by atoms with Crippen LogP contribution < -0.4 is 9.47 Å². The van der Waals surface area contributed by atoms with Crippen molar-refractivity contribution in [2.24, 2.45) is 0 Å². The Morgan fingerprint density at radius 1 is 1.08 bits per heavy atom. The molecule has 0 radical (unpaired) electrons. The zero-order valence-electron chi connectivity index (χ0n) is 20.8. The van der Waals surface area contributed by atoms with Crippen molar-refractivity contribution < 1.29 is 31.4 Å². The molecule has 10 heteroatoms. The van der Waals surface area contributed by atoms with Crippen LogP contribution in [0.5, 0.6) is 11.5 Å². The molecule has 1 aliphatic heterocycles. The minimum atomic E-state index is -4.80. The number of nitrogens with zero attached hydrogens (tertiary/aromatic N) is 3. The van der Waals surface area contributed by atoms with Crippen LogP contribution >= 0.6 is 0 Å². The van der Waals surface area contributed by atoms with E-state index in [-0.39, 0.29) is 30.4 Å². The number of methoxy groups -OCH3 is 1. The second-order valence-corrected chi connectivity index (χ2v) is 9.37. The molecule has 3 heterocycles. The number of likely N-dealkylation sites (tertiary alicyclic amines) is 1. The Labute approximate surface area is 206 Å². The first-order chi connectivity index (χ1) is 16.9. The number of hydrogen-bond donors (Lipinski definition) is 0. The number of piperidine rings is 1. The summed E-state index contributed by atoms with van der Waals surface area (Å²) in [5.74, 6) is -2.73. The fourth-order valence-electron chi connectivity index (χ4n) is 4.84. The Balaban J connectivity index is 1.67. The van der Waals surface area contributed by atoms with Crippen molar-refractivity contribution in [3.63, 3.8) is 0 Å². The molecule has 2 aromatic heterocycles. The van der Waals surface area contributed by atoms with Crippen LogP contribution in [0, 0.1) is 13.8 Å². The number of hydrogen-bond acceptors (Lipinski definition) is 4. The lowest BCUT2D eigenvalue weighted by molar-refractivity contribution is -0.274. The number of ether oxygens (including phenoxy) is 2. The third kappa shape index (κ3) is 5.58. The third-order valence-corrected chi connectivity index (χ3v) is 6.76. The van der Waals surface area contributed by atoms with Crippen LogP contribution in [-0.2, 0) is 0 Å². The molecule has 1 unspecified atom stereocenters. The van der Waals surface area contributed by atoms with Gasteiger partial charge in [-0.2, -0.15) is 0 Å². The van der Waals surface area contributed by atoms with Crippen molar-refractivity contribution >= 4 is 11.0 Å². The summed E-state index contributed by atoms with van der Waals surface area (Å²) in [6.45, 7) is 7.34.